The summed E-state index contributed by atoms with van der Waals surface area (Å²) in [4.78, 5) is 21.7. The van der Waals surface area contributed by atoms with E-state index in [0.29, 0.717) is 17.7 Å². The van der Waals surface area contributed by atoms with Crippen LogP contribution in [-0.4, -0.2) is 52.4 Å². The second kappa shape index (κ2) is 12.8. The molecule has 9 heteroatoms. The van der Waals surface area contributed by atoms with Gasteiger partial charge >= 0.3 is 11.9 Å². The SMILES string of the molecule is CCCCN1CCC(c2onc3cc(F)ccc23)CC1c1ccccc1OC.O=C(O)/C=C\C(=O)O. The van der Waals surface area contributed by atoms with Gasteiger partial charge in [0.2, 0.25) is 0 Å². The first-order chi connectivity index (χ1) is 17.3. The van der Waals surface area contributed by atoms with Gasteiger partial charge in [-0.15, -0.1) is 0 Å². The Kier molecular flexibility index (Phi) is 9.58. The molecule has 1 saturated heterocycles. The molecule has 4 rings (SSSR count). The van der Waals surface area contributed by atoms with Crippen molar-refractivity contribution in [2.24, 2.45) is 0 Å². The van der Waals surface area contributed by atoms with Crippen molar-refractivity contribution in [3.63, 3.8) is 0 Å². The molecule has 1 fully saturated rings. The zero-order chi connectivity index (χ0) is 26.1. The topological polar surface area (TPSA) is 113 Å². The molecule has 0 bridgehead atoms. The average molecular weight is 499 g/mol. The first-order valence-corrected chi connectivity index (χ1v) is 11.9. The molecule has 2 unspecified atom stereocenters. The van der Waals surface area contributed by atoms with Gasteiger partial charge in [-0.3, -0.25) is 4.90 Å². The standard InChI is InChI=1S/C23H27FN2O2.C4H4O4/c1-3-4-12-26-13-11-16(14-21(26)19-7-5-6-8-22(19)27-2)23-18-10-9-17(24)15-20(18)25-28-23;5-3(6)1-2-4(7)8/h5-10,15-16,21H,3-4,11-14H2,1-2H3;1-2H,(H,5,6)(H,7,8)/b;2-1-. The number of fused-ring (bicyclic) bond motifs is 1. The second-order valence-electron chi connectivity index (χ2n) is 8.59. The van der Waals surface area contributed by atoms with E-state index in [1.165, 1.54) is 30.5 Å². The molecule has 2 heterocycles. The van der Waals surface area contributed by atoms with Gasteiger partial charge in [0.05, 0.1) is 7.11 Å². The largest absolute Gasteiger partial charge is 0.496 e. The minimum atomic E-state index is -1.26. The van der Waals surface area contributed by atoms with Crippen LogP contribution < -0.4 is 4.74 Å². The number of aromatic nitrogens is 1. The van der Waals surface area contributed by atoms with Crippen molar-refractivity contribution in [1.29, 1.82) is 0 Å². The first-order valence-electron chi connectivity index (χ1n) is 11.9. The summed E-state index contributed by atoms with van der Waals surface area (Å²) in [6.07, 6.45) is 5.42. The van der Waals surface area contributed by atoms with E-state index >= 15 is 0 Å². The molecule has 0 spiro atoms. The smallest absolute Gasteiger partial charge is 0.328 e. The Bertz CT molecular complexity index is 1190. The third-order valence-corrected chi connectivity index (χ3v) is 6.22. The Labute approximate surface area is 209 Å². The molecule has 8 nitrogen and oxygen atoms in total. The third kappa shape index (κ3) is 6.91. The molecule has 1 aliphatic heterocycles. The average Bonchev–Trinajstić information content (AvgIpc) is 3.29. The number of hydrogen-bond donors (Lipinski definition) is 2. The number of ether oxygens (including phenoxy) is 1. The maximum absolute atomic E-state index is 13.5. The van der Waals surface area contributed by atoms with Gasteiger partial charge in [0, 0.05) is 41.1 Å². The van der Waals surface area contributed by atoms with Crippen molar-refractivity contribution in [2.75, 3.05) is 20.2 Å². The molecule has 0 saturated carbocycles. The molecular formula is C27H31FN2O6. The van der Waals surface area contributed by atoms with Gasteiger partial charge in [-0.05, 0) is 50.6 Å². The minimum absolute atomic E-state index is 0.253. The molecule has 2 atom stereocenters. The highest BCUT2D eigenvalue weighted by Crippen LogP contribution is 2.43. The molecule has 2 aromatic carbocycles. The Morgan fingerprint density at radius 2 is 1.92 bits per heavy atom. The van der Waals surface area contributed by atoms with Gasteiger partial charge in [-0.1, -0.05) is 36.7 Å². The minimum Gasteiger partial charge on any atom is -0.496 e. The Morgan fingerprint density at radius 1 is 1.19 bits per heavy atom. The lowest BCUT2D eigenvalue weighted by atomic mass is 9.84. The molecule has 0 aliphatic carbocycles. The van der Waals surface area contributed by atoms with E-state index in [-0.39, 0.29) is 17.8 Å². The number of methoxy groups -OCH3 is 1. The maximum atomic E-state index is 13.5. The second-order valence-corrected chi connectivity index (χ2v) is 8.59. The predicted octanol–water partition coefficient (Wildman–Crippen LogP) is 5.41. The fourth-order valence-corrected chi connectivity index (χ4v) is 4.52. The van der Waals surface area contributed by atoms with Crippen LogP contribution in [0.25, 0.3) is 10.9 Å². The van der Waals surface area contributed by atoms with Crippen LogP contribution in [-0.2, 0) is 9.59 Å². The number of nitrogens with zero attached hydrogens (tertiary/aromatic N) is 2. The van der Waals surface area contributed by atoms with Gasteiger partial charge < -0.3 is 19.5 Å². The number of carboxylic acids is 2. The zero-order valence-electron chi connectivity index (χ0n) is 20.4. The number of carbonyl (C=O) groups is 2. The Hall–Kier alpha value is -3.72. The van der Waals surface area contributed by atoms with Crippen LogP contribution in [0.5, 0.6) is 5.75 Å². The summed E-state index contributed by atoms with van der Waals surface area (Å²) in [5, 5.41) is 20.6. The fraction of sp³-hybridized carbons (Fsp3) is 0.370. The van der Waals surface area contributed by atoms with E-state index in [9.17, 15) is 14.0 Å². The van der Waals surface area contributed by atoms with E-state index in [1.54, 1.807) is 13.2 Å². The number of para-hydroxylation sites is 1. The number of likely N-dealkylation sites (tertiary alicyclic amines) is 1. The predicted molar refractivity (Wildman–Crippen MR) is 133 cm³/mol. The summed E-state index contributed by atoms with van der Waals surface area (Å²) in [6.45, 7) is 4.30. The molecule has 36 heavy (non-hydrogen) atoms. The van der Waals surface area contributed by atoms with Crippen molar-refractivity contribution in [3.05, 3.63) is 71.8 Å². The number of rotatable bonds is 8. The molecule has 1 aliphatic rings. The number of halogens is 1. The summed E-state index contributed by atoms with van der Waals surface area (Å²) in [5.74, 6) is -0.735. The molecule has 3 aromatic rings. The van der Waals surface area contributed by atoms with Crippen LogP contribution in [0.1, 0.15) is 55.9 Å². The van der Waals surface area contributed by atoms with Gasteiger partial charge in [-0.25, -0.2) is 14.0 Å². The van der Waals surface area contributed by atoms with Crippen LogP contribution >= 0.6 is 0 Å². The Morgan fingerprint density at radius 3 is 2.58 bits per heavy atom. The zero-order valence-corrected chi connectivity index (χ0v) is 20.4. The Balaban J connectivity index is 0.000000392. The van der Waals surface area contributed by atoms with Crippen molar-refractivity contribution in [3.8, 4) is 5.75 Å². The molecular weight excluding hydrogens is 467 g/mol. The van der Waals surface area contributed by atoms with Crippen LogP contribution in [0.4, 0.5) is 4.39 Å². The van der Waals surface area contributed by atoms with Crippen LogP contribution in [0.2, 0.25) is 0 Å². The van der Waals surface area contributed by atoms with E-state index in [0.717, 1.165) is 42.8 Å². The van der Waals surface area contributed by atoms with Crippen molar-refractivity contribution in [2.45, 2.75) is 44.6 Å². The summed E-state index contributed by atoms with van der Waals surface area (Å²) in [7, 11) is 1.73. The third-order valence-electron chi connectivity index (χ3n) is 6.22. The summed E-state index contributed by atoms with van der Waals surface area (Å²) in [5.41, 5.74) is 1.82. The highest BCUT2D eigenvalue weighted by Gasteiger charge is 2.34. The monoisotopic (exact) mass is 498 g/mol. The molecule has 192 valence electrons. The first kappa shape index (κ1) is 26.9. The summed E-state index contributed by atoms with van der Waals surface area (Å²) >= 11 is 0. The van der Waals surface area contributed by atoms with Crippen molar-refractivity contribution >= 4 is 22.8 Å². The van der Waals surface area contributed by atoms with E-state index < -0.39 is 11.9 Å². The van der Waals surface area contributed by atoms with Crippen LogP contribution in [0.15, 0.2) is 59.1 Å². The highest BCUT2D eigenvalue weighted by atomic mass is 19.1. The van der Waals surface area contributed by atoms with E-state index in [2.05, 4.69) is 29.1 Å². The highest BCUT2D eigenvalue weighted by molar-refractivity contribution is 5.89. The van der Waals surface area contributed by atoms with Gasteiger partial charge in [0.15, 0.2) is 0 Å². The summed E-state index contributed by atoms with van der Waals surface area (Å²) in [6, 6.07) is 13.3. The van der Waals surface area contributed by atoms with Crippen molar-refractivity contribution < 1.29 is 33.5 Å². The van der Waals surface area contributed by atoms with Gasteiger partial charge in [0.1, 0.15) is 22.8 Å². The summed E-state index contributed by atoms with van der Waals surface area (Å²) < 4.78 is 24.9. The lowest BCUT2D eigenvalue weighted by Crippen LogP contribution is -2.37. The number of hydrogen-bond acceptors (Lipinski definition) is 6. The molecule has 1 aromatic heterocycles. The maximum Gasteiger partial charge on any atom is 0.328 e. The van der Waals surface area contributed by atoms with Gasteiger partial charge in [-0.2, -0.15) is 0 Å². The van der Waals surface area contributed by atoms with Crippen LogP contribution in [0, 0.1) is 5.82 Å². The molecule has 0 radical (unpaired) electrons. The quantitative estimate of drug-likeness (QED) is 0.397. The van der Waals surface area contributed by atoms with E-state index in [4.69, 9.17) is 19.5 Å². The molecule has 2 N–H and O–H groups in total. The lowest BCUT2D eigenvalue weighted by molar-refractivity contribution is -0.134. The van der Waals surface area contributed by atoms with Gasteiger partial charge in [0.25, 0.3) is 0 Å². The normalized spacial score (nSPS) is 18.1. The number of carboxylic acid groups (broad SMARTS) is 2. The van der Waals surface area contributed by atoms with Crippen molar-refractivity contribution in [1.82, 2.24) is 10.1 Å². The fourth-order valence-electron chi connectivity index (χ4n) is 4.52. The number of unbranched alkanes of at least 4 members (excludes halogenated alkanes) is 1. The number of piperidine rings is 1. The van der Waals surface area contributed by atoms with E-state index in [1.807, 2.05) is 12.1 Å². The van der Waals surface area contributed by atoms with Crippen LogP contribution in [0.3, 0.4) is 0 Å². The molecule has 0 amide bonds. The number of aliphatic carboxylic acids is 2. The lowest BCUT2D eigenvalue weighted by Gasteiger charge is -2.39. The number of benzene rings is 2.